The van der Waals surface area contributed by atoms with E-state index in [1.807, 2.05) is 11.0 Å². The van der Waals surface area contributed by atoms with Crippen LogP contribution in [-0.4, -0.2) is 23.9 Å². The number of rotatable bonds is 1. The Morgan fingerprint density at radius 2 is 2.00 bits per heavy atom. The van der Waals surface area contributed by atoms with E-state index in [-0.39, 0.29) is 11.2 Å². The molecule has 1 aromatic carbocycles. The minimum Gasteiger partial charge on any atom is -0.342 e. The zero-order valence-electron chi connectivity index (χ0n) is 11.4. The van der Waals surface area contributed by atoms with Crippen molar-refractivity contribution in [1.29, 1.82) is 0 Å². The van der Waals surface area contributed by atoms with Crippen LogP contribution < -0.4 is 0 Å². The van der Waals surface area contributed by atoms with Crippen LogP contribution in [0, 0.1) is 11.7 Å². The van der Waals surface area contributed by atoms with E-state index in [9.17, 15) is 9.18 Å². The summed E-state index contributed by atoms with van der Waals surface area (Å²) in [5.41, 5.74) is 2.20. The van der Waals surface area contributed by atoms with Gasteiger partial charge in [0.2, 0.25) is 5.91 Å². The molecule has 0 unspecified atom stereocenters. The van der Waals surface area contributed by atoms with Gasteiger partial charge in [-0.25, -0.2) is 4.39 Å². The molecule has 1 heterocycles. The van der Waals surface area contributed by atoms with Gasteiger partial charge in [-0.2, -0.15) is 0 Å². The number of allylic oxidation sites excluding steroid dienone is 1. The summed E-state index contributed by atoms with van der Waals surface area (Å²) in [6.45, 7) is 1.60. The van der Waals surface area contributed by atoms with Gasteiger partial charge in [-0.05, 0) is 48.9 Å². The summed E-state index contributed by atoms with van der Waals surface area (Å²) in [4.78, 5) is 14.1. The lowest BCUT2D eigenvalue weighted by Crippen LogP contribution is -2.44. The molecule has 0 atom stereocenters. The number of likely N-dealkylation sites (tertiary alicyclic amines) is 1. The van der Waals surface area contributed by atoms with Crippen LogP contribution in [0.3, 0.4) is 0 Å². The summed E-state index contributed by atoms with van der Waals surface area (Å²) in [6.07, 6.45) is 8.28. The molecule has 3 heteroatoms. The highest BCUT2D eigenvalue weighted by molar-refractivity contribution is 5.81. The lowest BCUT2D eigenvalue weighted by atomic mass is 9.74. The van der Waals surface area contributed by atoms with Crippen LogP contribution >= 0.6 is 0 Å². The highest BCUT2D eigenvalue weighted by Gasteiger charge is 2.41. The van der Waals surface area contributed by atoms with Crippen LogP contribution in [0.4, 0.5) is 4.39 Å². The smallest absolute Gasteiger partial charge is 0.225 e. The van der Waals surface area contributed by atoms with Crippen LogP contribution in [0.1, 0.15) is 36.8 Å². The van der Waals surface area contributed by atoms with E-state index >= 15 is 0 Å². The Kier molecular flexibility index (Phi) is 2.53. The molecule has 0 N–H and O–H groups in total. The summed E-state index contributed by atoms with van der Waals surface area (Å²) in [5.74, 6) is 0.470. The van der Waals surface area contributed by atoms with Crippen molar-refractivity contribution < 1.29 is 9.18 Å². The minimum atomic E-state index is -0.164. The zero-order chi connectivity index (χ0) is 13.7. The minimum absolute atomic E-state index is 0.0439. The Balaban J connectivity index is 1.56. The van der Waals surface area contributed by atoms with Crippen LogP contribution in [0.15, 0.2) is 24.3 Å². The quantitative estimate of drug-likeness (QED) is 0.768. The van der Waals surface area contributed by atoms with Crippen molar-refractivity contribution in [3.63, 3.8) is 0 Å². The fraction of sp³-hybridized carbons (Fsp3) is 0.471. The third kappa shape index (κ3) is 1.80. The lowest BCUT2D eigenvalue weighted by molar-refractivity contribution is -0.133. The molecule has 1 aromatic rings. The van der Waals surface area contributed by atoms with Gasteiger partial charge in [0.1, 0.15) is 5.82 Å². The van der Waals surface area contributed by atoms with E-state index in [1.165, 1.54) is 6.07 Å². The first kappa shape index (κ1) is 12.1. The van der Waals surface area contributed by atoms with Crippen molar-refractivity contribution in [3.8, 4) is 0 Å². The molecule has 0 radical (unpaired) electrons. The zero-order valence-corrected chi connectivity index (χ0v) is 11.4. The number of carbonyl (C=O) groups is 1. The van der Waals surface area contributed by atoms with E-state index in [0.717, 1.165) is 49.9 Å². The molecule has 0 aromatic heterocycles. The van der Waals surface area contributed by atoms with Gasteiger partial charge < -0.3 is 4.90 Å². The van der Waals surface area contributed by atoms with Gasteiger partial charge in [0.25, 0.3) is 0 Å². The monoisotopic (exact) mass is 271 g/mol. The third-order valence-corrected chi connectivity index (χ3v) is 5.03. The largest absolute Gasteiger partial charge is 0.342 e. The number of halogens is 1. The summed E-state index contributed by atoms with van der Waals surface area (Å²) >= 11 is 0. The molecule has 2 fully saturated rings. The first-order valence-corrected chi connectivity index (χ1v) is 7.46. The topological polar surface area (TPSA) is 20.3 Å². The average Bonchev–Trinajstić information content (AvgIpc) is 3.26. The molecule has 1 spiro atoms. The van der Waals surface area contributed by atoms with Gasteiger partial charge in [-0.3, -0.25) is 4.79 Å². The summed E-state index contributed by atoms with van der Waals surface area (Å²) < 4.78 is 13.5. The van der Waals surface area contributed by atoms with Crippen LogP contribution in [-0.2, 0) is 10.2 Å². The standard InChI is InChI=1S/C17H18FNO/c18-14-4-3-12-5-6-17(15(12)11-14)7-9-19(10-8-17)16(20)13-1-2-13/h3-6,11,13H,1-2,7-10H2. The van der Waals surface area contributed by atoms with Gasteiger partial charge in [-0.1, -0.05) is 18.2 Å². The Labute approximate surface area is 118 Å². The number of piperidine rings is 1. The number of nitrogens with zero attached hydrogens (tertiary/aromatic N) is 1. The molecule has 20 heavy (non-hydrogen) atoms. The van der Waals surface area contributed by atoms with Crippen molar-refractivity contribution in [2.24, 2.45) is 5.92 Å². The second-order valence-electron chi connectivity index (χ2n) is 6.32. The molecule has 1 saturated carbocycles. The Hall–Kier alpha value is -1.64. The molecule has 1 saturated heterocycles. The predicted octanol–water partition coefficient (Wildman–Crippen LogP) is 3.12. The lowest BCUT2D eigenvalue weighted by Gasteiger charge is -2.39. The number of hydrogen-bond donors (Lipinski definition) is 0. The van der Waals surface area contributed by atoms with E-state index < -0.39 is 0 Å². The van der Waals surface area contributed by atoms with Crippen molar-refractivity contribution >= 4 is 12.0 Å². The molecule has 4 rings (SSSR count). The Morgan fingerprint density at radius 1 is 1.25 bits per heavy atom. The fourth-order valence-electron chi connectivity index (χ4n) is 3.59. The molecule has 2 aliphatic carbocycles. The van der Waals surface area contributed by atoms with Crippen molar-refractivity contribution in [2.75, 3.05) is 13.1 Å². The summed E-state index contributed by atoms with van der Waals surface area (Å²) in [6, 6.07) is 5.05. The van der Waals surface area contributed by atoms with E-state index in [1.54, 1.807) is 6.07 Å². The molecular weight excluding hydrogens is 253 g/mol. The summed E-state index contributed by atoms with van der Waals surface area (Å²) in [7, 11) is 0. The van der Waals surface area contributed by atoms with Crippen LogP contribution in [0.5, 0.6) is 0 Å². The van der Waals surface area contributed by atoms with E-state index in [0.29, 0.717) is 11.8 Å². The molecule has 3 aliphatic rings. The van der Waals surface area contributed by atoms with Crippen LogP contribution in [0.25, 0.3) is 6.08 Å². The molecule has 104 valence electrons. The van der Waals surface area contributed by atoms with Crippen molar-refractivity contribution in [1.82, 2.24) is 4.90 Å². The SMILES string of the molecule is O=C(C1CC1)N1CCC2(C=Cc3ccc(F)cc32)CC1. The maximum atomic E-state index is 13.5. The number of fused-ring (bicyclic) bond motifs is 2. The van der Waals surface area contributed by atoms with Gasteiger partial charge in [0.05, 0.1) is 0 Å². The van der Waals surface area contributed by atoms with Gasteiger partial charge >= 0.3 is 0 Å². The molecule has 1 aliphatic heterocycles. The maximum Gasteiger partial charge on any atom is 0.225 e. The maximum absolute atomic E-state index is 13.5. The predicted molar refractivity (Wildman–Crippen MR) is 75.7 cm³/mol. The van der Waals surface area contributed by atoms with Gasteiger partial charge in [0, 0.05) is 24.4 Å². The van der Waals surface area contributed by atoms with Gasteiger partial charge in [-0.15, -0.1) is 0 Å². The number of amides is 1. The Bertz CT molecular complexity index is 595. The molecule has 1 amide bonds. The van der Waals surface area contributed by atoms with E-state index in [4.69, 9.17) is 0 Å². The van der Waals surface area contributed by atoms with E-state index in [2.05, 4.69) is 12.2 Å². The second kappa shape index (κ2) is 4.18. The molecule has 2 nitrogen and oxygen atoms in total. The molecular formula is C17H18FNO. The highest BCUT2D eigenvalue weighted by Crippen LogP contribution is 2.44. The third-order valence-electron chi connectivity index (χ3n) is 5.03. The average molecular weight is 271 g/mol. The first-order chi connectivity index (χ1) is 9.68. The molecule has 0 bridgehead atoms. The second-order valence-corrected chi connectivity index (χ2v) is 6.32. The number of carbonyl (C=O) groups excluding carboxylic acids is 1. The number of benzene rings is 1. The Morgan fingerprint density at radius 3 is 2.70 bits per heavy atom. The van der Waals surface area contributed by atoms with Crippen molar-refractivity contribution in [2.45, 2.75) is 31.1 Å². The first-order valence-electron chi connectivity index (χ1n) is 7.46. The summed E-state index contributed by atoms with van der Waals surface area (Å²) in [5, 5.41) is 0. The van der Waals surface area contributed by atoms with Gasteiger partial charge in [0.15, 0.2) is 0 Å². The van der Waals surface area contributed by atoms with Crippen molar-refractivity contribution in [3.05, 3.63) is 41.2 Å². The fourth-order valence-corrected chi connectivity index (χ4v) is 3.59. The number of hydrogen-bond acceptors (Lipinski definition) is 1. The van der Waals surface area contributed by atoms with Crippen LogP contribution in [0.2, 0.25) is 0 Å². The normalized spacial score (nSPS) is 23.1. The highest BCUT2D eigenvalue weighted by atomic mass is 19.1.